The summed E-state index contributed by atoms with van der Waals surface area (Å²) in [5.41, 5.74) is 1.22. The number of ether oxygens (including phenoxy) is 1. The first-order valence-electron chi connectivity index (χ1n) is 8.96. The lowest BCUT2D eigenvalue weighted by Crippen LogP contribution is -2.26. The Morgan fingerprint density at radius 3 is 2.71 bits per heavy atom. The lowest BCUT2D eigenvalue weighted by Gasteiger charge is -2.09. The van der Waals surface area contributed by atoms with Crippen molar-refractivity contribution >= 4 is 29.3 Å². The van der Waals surface area contributed by atoms with E-state index in [4.69, 9.17) is 4.74 Å². The fraction of sp³-hybridized carbons (Fsp3) is 0.316. The molecule has 0 bridgehead atoms. The SMILES string of the molecule is CCOC(=O)[C@@H](C)Sc1ccc2nnc(CCNC(=O)c3ccccc3)n2n1. The zero-order chi connectivity index (χ0) is 19.9. The Kier molecular flexibility index (Phi) is 6.59. The summed E-state index contributed by atoms with van der Waals surface area (Å²) in [5.74, 6) is 0.221. The number of aromatic nitrogens is 4. The van der Waals surface area contributed by atoms with Crippen LogP contribution in [0.1, 0.15) is 30.0 Å². The van der Waals surface area contributed by atoms with E-state index >= 15 is 0 Å². The molecule has 8 nitrogen and oxygen atoms in total. The average molecular weight is 399 g/mol. The minimum Gasteiger partial charge on any atom is -0.465 e. The van der Waals surface area contributed by atoms with Crippen LogP contribution >= 0.6 is 11.8 Å². The molecular formula is C19H21N5O3S. The summed E-state index contributed by atoms with van der Waals surface area (Å²) < 4.78 is 6.66. The normalized spacial score (nSPS) is 11.9. The quantitative estimate of drug-likeness (QED) is 0.458. The maximum atomic E-state index is 12.1. The van der Waals surface area contributed by atoms with Gasteiger partial charge in [0.2, 0.25) is 0 Å². The number of carbonyl (C=O) groups excluding carboxylic acids is 2. The predicted octanol–water partition coefficient (Wildman–Crippen LogP) is 2.14. The molecule has 3 aromatic rings. The molecule has 28 heavy (non-hydrogen) atoms. The van der Waals surface area contributed by atoms with E-state index in [1.807, 2.05) is 18.2 Å². The predicted molar refractivity (Wildman–Crippen MR) is 105 cm³/mol. The van der Waals surface area contributed by atoms with Gasteiger partial charge in [-0.25, -0.2) is 0 Å². The van der Waals surface area contributed by atoms with Crippen molar-refractivity contribution in [3.8, 4) is 0 Å². The van der Waals surface area contributed by atoms with Crippen LogP contribution in [0.2, 0.25) is 0 Å². The Morgan fingerprint density at radius 2 is 1.96 bits per heavy atom. The van der Waals surface area contributed by atoms with Gasteiger partial charge in [-0.1, -0.05) is 30.0 Å². The van der Waals surface area contributed by atoms with Crippen molar-refractivity contribution in [3.63, 3.8) is 0 Å². The van der Waals surface area contributed by atoms with Gasteiger partial charge in [-0.2, -0.15) is 9.61 Å². The van der Waals surface area contributed by atoms with Crippen molar-refractivity contribution in [2.45, 2.75) is 30.5 Å². The number of carbonyl (C=O) groups is 2. The summed E-state index contributed by atoms with van der Waals surface area (Å²) in [6.07, 6.45) is 0.480. The highest BCUT2D eigenvalue weighted by Crippen LogP contribution is 2.22. The molecule has 0 aliphatic rings. The molecule has 146 valence electrons. The average Bonchev–Trinajstić information content (AvgIpc) is 3.11. The monoisotopic (exact) mass is 399 g/mol. The third-order valence-corrected chi connectivity index (χ3v) is 4.89. The molecule has 1 N–H and O–H groups in total. The van der Waals surface area contributed by atoms with Gasteiger partial charge in [-0.15, -0.1) is 10.2 Å². The summed E-state index contributed by atoms with van der Waals surface area (Å²) in [6.45, 7) is 4.31. The van der Waals surface area contributed by atoms with E-state index in [0.717, 1.165) is 0 Å². The number of hydrogen-bond donors (Lipinski definition) is 1. The molecule has 9 heteroatoms. The van der Waals surface area contributed by atoms with E-state index in [0.29, 0.717) is 41.6 Å². The van der Waals surface area contributed by atoms with Gasteiger partial charge < -0.3 is 10.1 Å². The van der Waals surface area contributed by atoms with Crippen LogP contribution in [0.15, 0.2) is 47.5 Å². The first-order chi connectivity index (χ1) is 13.6. The second-order valence-corrected chi connectivity index (χ2v) is 7.30. The minimum absolute atomic E-state index is 0.137. The number of hydrogen-bond acceptors (Lipinski definition) is 7. The van der Waals surface area contributed by atoms with Gasteiger partial charge in [0.15, 0.2) is 11.5 Å². The van der Waals surface area contributed by atoms with Crippen molar-refractivity contribution in [1.82, 2.24) is 25.1 Å². The van der Waals surface area contributed by atoms with Gasteiger partial charge in [0.25, 0.3) is 5.91 Å². The number of nitrogens with one attached hydrogen (secondary N) is 1. The molecule has 0 aliphatic carbocycles. The van der Waals surface area contributed by atoms with Crippen LogP contribution in [-0.4, -0.2) is 50.1 Å². The lowest BCUT2D eigenvalue weighted by molar-refractivity contribution is -0.142. The van der Waals surface area contributed by atoms with E-state index in [1.54, 1.807) is 42.6 Å². The molecule has 1 aromatic carbocycles. The molecule has 0 fully saturated rings. The van der Waals surface area contributed by atoms with Gasteiger partial charge in [0.1, 0.15) is 10.3 Å². The van der Waals surface area contributed by atoms with Crippen LogP contribution in [0.25, 0.3) is 5.65 Å². The van der Waals surface area contributed by atoms with E-state index in [2.05, 4.69) is 20.6 Å². The molecule has 2 heterocycles. The van der Waals surface area contributed by atoms with Crippen molar-refractivity contribution < 1.29 is 14.3 Å². The van der Waals surface area contributed by atoms with Crippen LogP contribution in [0.3, 0.4) is 0 Å². The number of benzene rings is 1. The molecule has 1 amide bonds. The van der Waals surface area contributed by atoms with Crippen LogP contribution in [-0.2, 0) is 16.0 Å². The lowest BCUT2D eigenvalue weighted by atomic mass is 10.2. The third-order valence-electron chi connectivity index (χ3n) is 3.89. The summed E-state index contributed by atoms with van der Waals surface area (Å²) in [6, 6.07) is 12.6. The summed E-state index contributed by atoms with van der Waals surface area (Å²) in [7, 11) is 0. The molecule has 1 atom stereocenters. The molecule has 3 rings (SSSR count). The standard InChI is InChI=1S/C19H21N5O3S/c1-3-27-19(26)13(2)28-17-10-9-15-21-22-16(24(15)23-17)11-12-20-18(25)14-7-5-4-6-8-14/h4-10,13H,3,11-12H2,1-2H3,(H,20,25)/t13-/m1/s1. The van der Waals surface area contributed by atoms with Gasteiger partial charge in [-0.05, 0) is 38.1 Å². The Bertz CT molecular complexity index is 961. The van der Waals surface area contributed by atoms with E-state index in [9.17, 15) is 9.59 Å². The summed E-state index contributed by atoms with van der Waals surface area (Å²) in [5, 5.41) is 15.9. The van der Waals surface area contributed by atoms with Gasteiger partial charge in [0.05, 0.1) is 6.61 Å². The first kappa shape index (κ1) is 19.8. The van der Waals surface area contributed by atoms with Crippen LogP contribution < -0.4 is 5.32 Å². The van der Waals surface area contributed by atoms with Crippen molar-refractivity contribution in [2.75, 3.05) is 13.2 Å². The minimum atomic E-state index is -0.366. The topological polar surface area (TPSA) is 98.5 Å². The van der Waals surface area contributed by atoms with Crippen LogP contribution in [0, 0.1) is 0 Å². The van der Waals surface area contributed by atoms with Crippen molar-refractivity contribution in [2.24, 2.45) is 0 Å². The van der Waals surface area contributed by atoms with E-state index in [-0.39, 0.29) is 17.1 Å². The number of rotatable bonds is 8. The van der Waals surface area contributed by atoms with E-state index in [1.165, 1.54) is 11.8 Å². The summed E-state index contributed by atoms with van der Waals surface area (Å²) in [4.78, 5) is 23.9. The number of amides is 1. The first-order valence-corrected chi connectivity index (χ1v) is 9.84. The largest absolute Gasteiger partial charge is 0.465 e. The second kappa shape index (κ2) is 9.32. The van der Waals surface area contributed by atoms with Gasteiger partial charge in [-0.3, -0.25) is 9.59 Å². The zero-order valence-electron chi connectivity index (χ0n) is 15.7. The highest BCUT2D eigenvalue weighted by Gasteiger charge is 2.17. The molecule has 0 saturated carbocycles. The Morgan fingerprint density at radius 1 is 1.18 bits per heavy atom. The van der Waals surface area contributed by atoms with Crippen LogP contribution in [0.5, 0.6) is 0 Å². The Hall–Kier alpha value is -2.94. The maximum Gasteiger partial charge on any atom is 0.319 e. The molecule has 0 spiro atoms. The fourth-order valence-electron chi connectivity index (χ4n) is 2.50. The van der Waals surface area contributed by atoms with Gasteiger partial charge >= 0.3 is 5.97 Å². The number of esters is 1. The molecule has 0 radical (unpaired) electrons. The molecule has 2 aromatic heterocycles. The zero-order valence-corrected chi connectivity index (χ0v) is 16.5. The number of fused-ring (bicyclic) bond motifs is 1. The summed E-state index contributed by atoms with van der Waals surface area (Å²) >= 11 is 1.31. The molecule has 0 aliphatic heterocycles. The highest BCUT2D eigenvalue weighted by molar-refractivity contribution is 8.00. The molecular weight excluding hydrogens is 378 g/mol. The molecule has 0 unspecified atom stereocenters. The Balaban J connectivity index is 1.64. The van der Waals surface area contributed by atoms with Crippen molar-refractivity contribution in [1.29, 1.82) is 0 Å². The second-order valence-electron chi connectivity index (χ2n) is 5.94. The van der Waals surface area contributed by atoms with Crippen molar-refractivity contribution in [3.05, 3.63) is 53.9 Å². The van der Waals surface area contributed by atoms with Crippen LogP contribution in [0.4, 0.5) is 0 Å². The highest BCUT2D eigenvalue weighted by atomic mass is 32.2. The van der Waals surface area contributed by atoms with Gasteiger partial charge in [0, 0.05) is 18.5 Å². The number of nitrogens with zero attached hydrogens (tertiary/aromatic N) is 4. The van der Waals surface area contributed by atoms with E-state index < -0.39 is 0 Å². The maximum absolute atomic E-state index is 12.1. The Labute approximate surface area is 166 Å². The smallest absolute Gasteiger partial charge is 0.319 e. The third kappa shape index (κ3) is 4.86. The fourth-order valence-corrected chi connectivity index (χ4v) is 3.31. The number of thioether (sulfide) groups is 1. The molecule has 0 saturated heterocycles.